The Balaban J connectivity index is 1.93. The fourth-order valence-corrected chi connectivity index (χ4v) is 2.69. The molecule has 2 aromatic heterocycles. The Morgan fingerprint density at radius 1 is 1.53 bits per heavy atom. The van der Waals surface area contributed by atoms with Crippen LogP contribution in [0.5, 0.6) is 0 Å². The summed E-state index contributed by atoms with van der Waals surface area (Å²) in [6.07, 6.45) is 3.87. The summed E-state index contributed by atoms with van der Waals surface area (Å²) in [5, 5.41) is 7.54. The van der Waals surface area contributed by atoms with Crippen molar-refractivity contribution in [1.82, 2.24) is 9.78 Å². The minimum absolute atomic E-state index is 0.853. The first kappa shape index (κ1) is 10.7. The predicted molar refractivity (Wildman–Crippen MR) is 67.2 cm³/mol. The highest BCUT2D eigenvalue weighted by molar-refractivity contribution is 9.11. The third-order valence-corrected chi connectivity index (χ3v) is 3.68. The van der Waals surface area contributed by atoms with E-state index in [2.05, 4.69) is 45.4 Å². The van der Waals surface area contributed by atoms with E-state index in [0.29, 0.717) is 0 Å². The lowest BCUT2D eigenvalue weighted by Crippen LogP contribution is -1.96. The van der Waals surface area contributed by atoms with Crippen molar-refractivity contribution < 1.29 is 0 Å². The molecule has 0 radical (unpaired) electrons. The van der Waals surface area contributed by atoms with Gasteiger partial charge in [0.05, 0.1) is 15.7 Å². The topological polar surface area (TPSA) is 29.9 Å². The summed E-state index contributed by atoms with van der Waals surface area (Å²) in [7, 11) is 0. The van der Waals surface area contributed by atoms with Crippen LogP contribution in [-0.2, 0) is 13.1 Å². The first-order valence-corrected chi connectivity index (χ1v) is 6.39. The number of hydrogen-bond donors (Lipinski definition) is 1. The number of nitrogens with zero attached hydrogens (tertiary/aromatic N) is 2. The Kier molecular flexibility index (Phi) is 3.43. The van der Waals surface area contributed by atoms with E-state index in [4.69, 9.17) is 0 Å². The molecule has 0 saturated carbocycles. The summed E-state index contributed by atoms with van der Waals surface area (Å²) in [6.45, 7) is 3.84. The van der Waals surface area contributed by atoms with Gasteiger partial charge in [0, 0.05) is 24.2 Å². The van der Waals surface area contributed by atoms with Crippen molar-refractivity contribution in [2.45, 2.75) is 20.0 Å². The van der Waals surface area contributed by atoms with E-state index < -0.39 is 0 Å². The number of hydrogen-bond acceptors (Lipinski definition) is 3. The van der Waals surface area contributed by atoms with Gasteiger partial charge in [0.2, 0.25) is 0 Å². The molecule has 0 bridgehead atoms. The number of aromatic nitrogens is 2. The molecule has 5 heteroatoms. The van der Waals surface area contributed by atoms with Gasteiger partial charge in [-0.2, -0.15) is 5.10 Å². The van der Waals surface area contributed by atoms with Gasteiger partial charge < -0.3 is 5.32 Å². The van der Waals surface area contributed by atoms with E-state index in [1.54, 1.807) is 11.3 Å². The molecule has 3 nitrogen and oxygen atoms in total. The molecule has 0 fully saturated rings. The van der Waals surface area contributed by atoms with E-state index in [-0.39, 0.29) is 0 Å². The molecule has 0 atom stereocenters. The summed E-state index contributed by atoms with van der Waals surface area (Å²) in [5.41, 5.74) is 1.07. The maximum atomic E-state index is 4.20. The first-order chi connectivity index (χ1) is 7.28. The summed E-state index contributed by atoms with van der Waals surface area (Å²) in [6, 6.07) is 4.18. The molecular formula is C10H12BrN3S. The van der Waals surface area contributed by atoms with Gasteiger partial charge in [0.25, 0.3) is 0 Å². The minimum atomic E-state index is 0.853. The molecule has 1 N–H and O–H groups in total. The summed E-state index contributed by atoms with van der Waals surface area (Å²) >= 11 is 5.19. The molecule has 2 rings (SSSR count). The second-order valence-electron chi connectivity index (χ2n) is 3.14. The molecule has 0 aromatic carbocycles. The zero-order valence-electron chi connectivity index (χ0n) is 8.40. The minimum Gasteiger partial charge on any atom is -0.378 e. The SMILES string of the molecule is CCn1cc(NCc2ccc(Br)s2)cn1. The monoisotopic (exact) mass is 285 g/mol. The highest BCUT2D eigenvalue weighted by atomic mass is 79.9. The Morgan fingerprint density at radius 2 is 2.40 bits per heavy atom. The normalized spacial score (nSPS) is 10.5. The van der Waals surface area contributed by atoms with Gasteiger partial charge in [-0.3, -0.25) is 4.68 Å². The van der Waals surface area contributed by atoms with Crippen LogP contribution in [0.25, 0.3) is 0 Å². The van der Waals surface area contributed by atoms with E-state index in [1.807, 2.05) is 17.1 Å². The average Bonchev–Trinajstić information content (AvgIpc) is 2.83. The van der Waals surface area contributed by atoms with Crippen molar-refractivity contribution in [1.29, 1.82) is 0 Å². The van der Waals surface area contributed by atoms with Crippen molar-refractivity contribution in [2.75, 3.05) is 5.32 Å². The molecular weight excluding hydrogens is 274 g/mol. The van der Waals surface area contributed by atoms with Crippen LogP contribution in [0.1, 0.15) is 11.8 Å². The fraction of sp³-hybridized carbons (Fsp3) is 0.300. The van der Waals surface area contributed by atoms with E-state index in [1.165, 1.54) is 8.66 Å². The largest absolute Gasteiger partial charge is 0.378 e. The van der Waals surface area contributed by atoms with Crippen LogP contribution in [0.3, 0.4) is 0 Å². The number of thiophene rings is 1. The van der Waals surface area contributed by atoms with Crippen LogP contribution in [0, 0.1) is 0 Å². The maximum Gasteiger partial charge on any atom is 0.0729 e. The molecule has 0 unspecified atom stereocenters. The number of aryl methyl sites for hydroxylation is 1. The summed E-state index contributed by atoms with van der Waals surface area (Å²) in [4.78, 5) is 1.31. The second-order valence-corrected chi connectivity index (χ2v) is 5.69. The number of nitrogens with one attached hydrogen (secondary N) is 1. The zero-order valence-corrected chi connectivity index (χ0v) is 10.8. The second kappa shape index (κ2) is 4.81. The maximum absolute atomic E-state index is 4.20. The molecule has 0 spiro atoms. The molecule has 2 aromatic rings. The van der Waals surface area contributed by atoms with Gasteiger partial charge in [0.1, 0.15) is 0 Å². The van der Waals surface area contributed by atoms with E-state index >= 15 is 0 Å². The molecule has 0 saturated heterocycles. The van der Waals surface area contributed by atoms with Crippen molar-refractivity contribution in [3.05, 3.63) is 33.2 Å². The van der Waals surface area contributed by atoms with Crippen molar-refractivity contribution in [3.8, 4) is 0 Å². The van der Waals surface area contributed by atoms with E-state index in [0.717, 1.165) is 18.8 Å². The number of rotatable bonds is 4. The van der Waals surface area contributed by atoms with Gasteiger partial charge in [0.15, 0.2) is 0 Å². The molecule has 0 aliphatic rings. The van der Waals surface area contributed by atoms with Crippen LogP contribution >= 0.6 is 27.3 Å². The van der Waals surface area contributed by atoms with Gasteiger partial charge in [-0.05, 0) is 35.0 Å². The third kappa shape index (κ3) is 2.82. The number of halogens is 1. The molecule has 0 amide bonds. The van der Waals surface area contributed by atoms with Gasteiger partial charge in [-0.15, -0.1) is 11.3 Å². The van der Waals surface area contributed by atoms with Gasteiger partial charge in [-0.25, -0.2) is 0 Å². The summed E-state index contributed by atoms with van der Waals surface area (Å²) in [5.74, 6) is 0. The molecule has 2 heterocycles. The fourth-order valence-electron chi connectivity index (χ4n) is 1.26. The predicted octanol–water partition coefficient (Wildman–Crippen LogP) is 3.34. The number of anilines is 1. The lowest BCUT2D eigenvalue weighted by Gasteiger charge is -1.99. The van der Waals surface area contributed by atoms with Crippen LogP contribution in [0.2, 0.25) is 0 Å². The Hall–Kier alpha value is -0.810. The summed E-state index contributed by atoms with van der Waals surface area (Å²) < 4.78 is 3.08. The molecule has 80 valence electrons. The average molecular weight is 286 g/mol. The quantitative estimate of drug-likeness (QED) is 0.934. The highest BCUT2D eigenvalue weighted by Crippen LogP contribution is 2.22. The van der Waals surface area contributed by atoms with Crippen LogP contribution in [-0.4, -0.2) is 9.78 Å². The first-order valence-electron chi connectivity index (χ1n) is 4.78. The van der Waals surface area contributed by atoms with Crippen molar-refractivity contribution in [2.24, 2.45) is 0 Å². The lowest BCUT2D eigenvalue weighted by atomic mass is 10.4. The zero-order chi connectivity index (χ0) is 10.7. The lowest BCUT2D eigenvalue weighted by molar-refractivity contribution is 0.660. The van der Waals surface area contributed by atoms with Gasteiger partial charge >= 0.3 is 0 Å². The van der Waals surface area contributed by atoms with Crippen molar-refractivity contribution >= 4 is 33.0 Å². The van der Waals surface area contributed by atoms with E-state index in [9.17, 15) is 0 Å². The highest BCUT2D eigenvalue weighted by Gasteiger charge is 1.99. The standard InChI is InChI=1S/C10H12BrN3S/c1-2-14-7-8(5-13-14)12-6-9-3-4-10(11)15-9/h3-5,7,12H,2,6H2,1H3. The van der Waals surface area contributed by atoms with Crippen LogP contribution in [0.4, 0.5) is 5.69 Å². The van der Waals surface area contributed by atoms with Crippen LogP contribution in [0.15, 0.2) is 28.3 Å². The molecule has 15 heavy (non-hydrogen) atoms. The Morgan fingerprint density at radius 3 is 3.00 bits per heavy atom. The van der Waals surface area contributed by atoms with Crippen LogP contribution < -0.4 is 5.32 Å². The third-order valence-electron chi connectivity index (χ3n) is 2.05. The smallest absolute Gasteiger partial charge is 0.0729 e. The molecule has 0 aliphatic carbocycles. The Bertz CT molecular complexity index is 435. The van der Waals surface area contributed by atoms with Gasteiger partial charge in [-0.1, -0.05) is 0 Å². The Labute approximate surface area is 101 Å². The molecule has 0 aliphatic heterocycles. The van der Waals surface area contributed by atoms with Crippen molar-refractivity contribution in [3.63, 3.8) is 0 Å².